The van der Waals surface area contributed by atoms with Gasteiger partial charge in [-0.3, -0.25) is 19.2 Å². The van der Waals surface area contributed by atoms with E-state index >= 15 is 0 Å². The summed E-state index contributed by atoms with van der Waals surface area (Å²) in [6.07, 6.45) is 3.53. The fourth-order valence-electron chi connectivity index (χ4n) is 2.50. The fraction of sp³-hybridized carbons (Fsp3) is 0.722. The second-order valence-electron chi connectivity index (χ2n) is 6.91. The fourth-order valence-corrected chi connectivity index (χ4v) is 2.97. The number of carbonyl (C=O) groups excluding carboxylic acids is 4. The van der Waals surface area contributed by atoms with Crippen molar-refractivity contribution in [3.63, 3.8) is 0 Å². The number of hydrogen-bond acceptors (Lipinski definition) is 8. The van der Waals surface area contributed by atoms with Gasteiger partial charge in [0, 0.05) is 6.42 Å². The second kappa shape index (κ2) is 16.3. The number of carbonyl (C=O) groups is 5. The minimum Gasteiger partial charge on any atom is -0.480 e. The molecule has 0 aliphatic carbocycles. The highest BCUT2D eigenvalue weighted by molar-refractivity contribution is 7.98. The molecule has 0 aromatic heterocycles. The lowest BCUT2D eigenvalue weighted by molar-refractivity contribution is -0.141. The van der Waals surface area contributed by atoms with E-state index in [9.17, 15) is 24.0 Å². The normalized spacial score (nSPS) is 13.5. The number of carboxylic acid groups (broad SMARTS) is 1. The van der Waals surface area contributed by atoms with Crippen LogP contribution in [-0.2, 0) is 24.0 Å². The first-order valence-electron chi connectivity index (χ1n) is 9.95. The van der Waals surface area contributed by atoms with Gasteiger partial charge < -0.3 is 38.3 Å². The third kappa shape index (κ3) is 13.5. The second-order valence-corrected chi connectivity index (χ2v) is 7.90. The third-order valence-electron chi connectivity index (χ3n) is 4.29. The molecule has 0 aliphatic heterocycles. The molecule has 10 N–H and O–H groups in total. The van der Waals surface area contributed by atoms with Crippen molar-refractivity contribution >= 4 is 41.4 Å². The molecule has 31 heavy (non-hydrogen) atoms. The van der Waals surface area contributed by atoms with Gasteiger partial charge in [-0.2, -0.15) is 11.8 Å². The number of thioether (sulfide) groups is 1. The summed E-state index contributed by atoms with van der Waals surface area (Å²) in [5.74, 6) is -3.28. The summed E-state index contributed by atoms with van der Waals surface area (Å²) in [6.45, 7) is -0.0204. The average Bonchev–Trinajstić information content (AvgIpc) is 2.71. The van der Waals surface area contributed by atoms with E-state index in [4.69, 9.17) is 22.3 Å². The summed E-state index contributed by atoms with van der Waals surface area (Å²) in [7, 11) is 0. The predicted molar refractivity (Wildman–Crippen MR) is 117 cm³/mol. The highest BCUT2D eigenvalue weighted by Crippen LogP contribution is 2.03. The topological polar surface area (TPSA) is 220 Å². The molecule has 0 bridgehead atoms. The molecule has 12 nitrogen and oxygen atoms in total. The molecule has 4 amide bonds. The molecular weight excluding hydrogens is 428 g/mol. The maximum absolute atomic E-state index is 12.4. The Hall–Kier alpha value is -2.38. The van der Waals surface area contributed by atoms with Crippen molar-refractivity contribution in [1.29, 1.82) is 0 Å². The van der Waals surface area contributed by atoms with E-state index in [1.54, 1.807) is 0 Å². The van der Waals surface area contributed by atoms with Gasteiger partial charge in [-0.05, 0) is 44.2 Å². The Balaban J connectivity index is 4.82. The summed E-state index contributed by atoms with van der Waals surface area (Å²) in [5.41, 5.74) is 16.3. The molecule has 0 heterocycles. The number of primary amides is 1. The van der Waals surface area contributed by atoms with Crippen molar-refractivity contribution in [3.05, 3.63) is 0 Å². The van der Waals surface area contributed by atoms with Crippen molar-refractivity contribution in [2.24, 2.45) is 17.2 Å². The van der Waals surface area contributed by atoms with E-state index in [2.05, 4.69) is 16.0 Å². The number of hydrogen-bond donors (Lipinski definition) is 7. The Morgan fingerprint density at radius 2 is 1.65 bits per heavy atom. The van der Waals surface area contributed by atoms with E-state index in [0.717, 1.165) is 0 Å². The molecule has 0 spiro atoms. The molecule has 0 rings (SSSR count). The van der Waals surface area contributed by atoms with Crippen LogP contribution in [0.15, 0.2) is 0 Å². The molecule has 0 aromatic rings. The minimum atomic E-state index is -1.18. The summed E-state index contributed by atoms with van der Waals surface area (Å²) in [6, 6.07) is -3.06. The summed E-state index contributed by atoms with van der Waals surface area (Å²) in [4.78, 5) is 59.0. The molecule has 13 heteroatoms. The molecule has 178 valence electrons. The predicted octanol–water partition coefficient (Wildman–Crippen LogP) is -2.37. The number of unbranched alkanes of at least 4 members (excludes halogenated alkanes) is 1. The molecule has 0 saturated carbocycles. The van der Waals surface area contributed by atoms with Gasteiger partial charge >= 0.3 is 5.97 Å². The van der Waals surface area contributed by atoms with Crippen LogP contribution in [0, 0.1) is 0 Å². The summed E-state index contributed by atoms with van der Waals surface area (Å²) >= 11 is 1.44. The molecule has 0 aliphatic rings. The number of amides is 4. The molecule has 0 radical (unpaired) electrons. The van der Waals surface area contributed by atoms with Crippen LogP contribution in [0.3, 0.4) is 0 Å². The smallest absolute Gasteiger partial charge is 0.326 e. The molecule has 0 aromatic carbocycles. The molecule has 3 atom stereocenters. The first-order chi connectivity index (χ1) is 14.6. The summed E-state index contributed by atoms with van der Waals surface area (Å²) < 4.78 is 0. The molecular formula is C18H34N6O6S. The lowest BCUT2D eigenvalue weighted by atomic mass is 10.1. The maximum Gasteiger partial charge on any atom is 0.326 e. The Kier molecular flexibility index (Phi) is 15.1. The van der Waals surface area contributed by atoms with Crippen molar-refractivity contribution in [2.75, 3.05) is 25.1 Å². The van der Waals surface area contributed by atoms with Crippen LogP contribution in [-0.4, -0.2) is 77.9 Å². The largest absolute Gasteiger partial charge is 0.480 e. The zero-order valence-electron chi connectivity index (χ0n) is 17.7. The highest BCUT2D eigenvalue weighted by atomic mass is 32.2. The zero-order chi connectivity index (χ0) is 23.8. The Morgan fingerprint density at radius 1 is 0.968 bits per heavy atom. The molecule has 3 unspecified atom stereocenters. The van der Waals surface area contributed by atoms with Gasteiger partial charge in [0.1, 0.15) is 12.1 Å². The summed E-state index contributed by atoms with van der Waals surface area (Å²) in [5, 5.41) is 16.3. The van der Waals surface area contributed by atoms with Crippen LogP contribution in [0.5, 0.6) is 0 Å². The van der Waals surface area contributed by atoms with E-state index in [0.29, 0.717) is 31.6 Å². The van der Waals surface area contributed by atoms with Crippen LogP contribution < -0.4 is 33.2 Å². The zero-order valence-corrected chi connectivity index (χ0v) is 18.5. The third-order valence-corrected chi connectivity index (χ3v) is 4.93. The number of carboxylic acids is 1. The van der Waals surface area contributed by atoms with Crippen LogP contribution >= 0.6 is 11.8 Å². The first-order valence-corrected chi connectivity index (χ1v) is 11.3. The van der Waals surface area contributed by atoms with Crippen molar-refractivity contribution in [2.45, 2.75) is 56.7 Å². The Bertz CT molecular complexity index is 620. The lowest BCUT2D eigenvalue weighted by Crippen LogP contribution is -2.53. The number of rotatable bonds is 17. The minimum absolute atomic E-state index is 0.0739. The van der Waals surface area contributed by atoms with Gasteiger partial charge in [-0.1, -0.05) is 6.42 Å². The monoisotopic (exact) mass is 462 g/mol. The average molecular weight is 463 g/mol. The standard InChI is InChI=1S/C18H34N6O6S/c1-31-9-7-13(18(29)30)23-15(26)10-22-17(28)12(5-6-14(21)25)24-16(27)11(20)4-2-3-8-19/h11-13H,2-10,19-20H2,1H3,(H2,21,25)(H,22,28)(H,23,26)(H,24,27)(H,29,30). The SMILES string of the molecule is CSCCC(NC(=O)CNC(=O)C(CCC(N)=O)NC(=O)C(N)CCCCN)C(=O)O. The number of nitrogens with two attached hydrogens (primary N) is 3. The van der Waals surface area contributed by atoms with Crippen molar-refractivity contribution in [1.82, 2.24) is 16.0 Å². The Morgan fingerprint density at radius 3 is 2.19 bits per heavy atom. The lowest BCUT2D eigenvalue weighted by Gasteiger charge is -2.20. The molecule has 0 fully saturated rings. The number of nitrogens with one attached hydrogen (secondary N) is 3. The van der Waals surface area contributed by atoms with Gasteiger partial charge in [0.15, 0.2) is 0 Å². The first kappa shape index (κ1) is 28.6. The van der Waals surface area contributed by atoms with Gasteiger partial charge in [0.05, 0.1) is 12.6 Å². The Labute approximate surface area is 185 Å². The van der Waals surface area contributed by atoms with E-state index in [-0.39, 0.29) is 19.3 Å². The van der Waals surface area contributed by atoms with Crippen molar-refractivity contribution < 1.29 is 29.1 Å². The van der Waals surface area contributed by atoms with Gasteiger partial charge in [0.25, 0.3) is 0 Å². The van der Waals surface area contributed by atoms with Crippen LogP contribution in [0.2, 0.25) is 0 Å². The number of aliphatic carboxylic acids is 1. The molecule has 0 saturated heterocycles. The van der Waals surface area contributed by atoms with E-state index < -0.39 is 54.3 Å². The van der Waals surface area contributed by atoms with Crippen LogP contribution in [0.4, 0.5) is 0 Å². The van der Waals surface area contributed by atoms with Crippen LogP contribution in [0.1, 0.15) is 38.5 Å². The maximum atomic E-state index is 12.4. The van der Waals surface area contributed by atoms with Crippen LogP contribution in [0.25, 0.3) is 0 Å². The van der Waals surface area contributed by atoms with E-state index in [1.807, 2.05) is 6.26 Å². The van der Waals surface area contributed by atoms with Crippen molar-refractivity contribution in [3.8, 4) is 0 Å². The van der Waals surface area contributed by atoms with Gasteiger partial charge in [-0.15, -0.1) is 0 Å². The highest BCUT2D eigenvalue weighted by Gasteiger charge is 2.25. The van der Waals surface area contributed by atoms with Gasteiger partial charge in [0.2, 0.25) is 23.6 Å². The van der Waals surface area contributed by atoms with E-state index in [1.165, 1.54) is 11.8 Å². The van der Waals surface area contributed by atoms with Gasteiger partial charge in [-0.25, -0.2) is 4.79 Å². The quantitative estimate of drug-likeness (QED) is 0.115.